The molecule has 1 aromatic carbocycles. The van der Waals surface area contributed by atoms with Gasteiger partial charge in [-0.25, -0.2) is 0 Å². The van der Waals surface area contributed by atoms with E-state index in [1.807, 2.05) is 0 Å². The number of fused-ring (bicyclic) bond motifs is 2. The van der Waals surface area contributed by atoms with Crippen molar-refractivity contribution in [2.45, 2.75) is 38.1 Å². The minimum Gasteiger partial charge on any atom is -0.486 e. The third-order valence-electron chi connectivity index (χ3n) is 5.52. The molecule has 2 atom stereocenters. The summed E-state index contributed by atoms with van der Waals surface area (Å²) >= 11 is 0. The Bertz CT molecular complexity index is 1240. The second-order valence-corrected chi connectivity index (χ2v) is 7.68. The lowest BCUT2D eigenvalue weighted by atomic mass is 10.1. The van der Waals surface area contributed by atoms with Gasteiger partial charge in [0, 0.05) is 17.1 Å². The molecule has 4 rings (SSSR count). The first-order valence-corrected chi connectivity index (χ1v) is 10.1. The average molecular weight is 463 g/mol. The van der Waals surface area contributed by atoms with E-state index in [0.29, 0.717) is 29.4 Å². The molecular formula is C22H20F3N3O5. The van der Waals surface area contributed by atoms with Crippen LogP contribution < -0.4 is 15.8 Å². The number of aliphatic hydroxyl groups excluding tert-OH is 1. The molecule has 0 unspecified atom stereocenters. The lowest BCUT2D eigenvalue weighted by Crippen LogP contribution is -2.46. The van der Waals surface area contributed by atoms with E-state index in [2.05, 4.69) is 10.3 Å². The maximum absolute atomic E-state index is 13.5. The molecule has 33 heavy (non-hydrogen) atoms. The molecule has 0 radical (unpaired) electrons. The summed E-state index contributed by atoms with van der Waals surface area (Å²) in [6, 6.07) is 4.82. The number of nitrogens with one attached hydrogen (secondary N) is 1. The number of primary amides is 1. The van der Waals surface area contributed by atoms with Crippen molar-refractivity contribution in [1.29, 1.82) is 0 Å². The smallest absolute Gasteiger partial charge is 0.433 e. The van der Waals surface area contributed by atoms with Gasteiger partial charge in [0.1, 0.15) is 29.2 Å². The molecule has 11 heteroatoms. The van der Waals surface area contributed by atoms with E-state index in [-0.39, 0.29) is 22.6 Å². The van der Waals surface area contributed by atoms with Crippen LogP contribution in [0, 0.1) is 6.92 Å². The Kier molecular flexibility index (Phi) is 5.75. The highest BCUT2D eigenvalue weighted by atomic mass is 19.4. The zero-order valence-electron chi connectivity index (χ0n) is 17.4. The van der Waals surface area contributed by atoms with E-state index >= 15 is 0 Å². The van der Waals surface area contributed by atoms with Gasteiger partial charge in [0.15, 0.2) is 5.69 Å². The lowest BCUT2D eigenvalue weighted by molar-refractivity contribution is -0.142. The highest BCUT2D eigenvalue weighted by Crippen LogP contribution is 2.42. The van der Waals surface area contributed by atoms with Crippen molar-refractivity contribution in [2.24, 2.45) is 5.73 Å². The molecule has 0 aliphatic heterocycles. The van der Waals surface area contributed by atoms with E-state index in [9.17, 15) is 27.9 Å². The van der Waals surface area contributed by atoms with Crippen molar-refractivity contribution < 1.29 is 37.0 Å². The van der Waals surface area contributed by atoms with Crippen molar-refractivity contribution in [3.63, 3.8) is 0 Å². The zero-order valence-corrected chi connectivity index (χ0v) is 17.4. The van der Waals surface area contributed by atoms with Crippen LogP contribution in [0.25, 0.3) is 11.0 Å². The lowest BCUT2D eigenvalue weighted by Gasteiger charge is -2.18. The molecule has 0 fully saturated rings. The number of hydrogen-bond donors (Lipinski definition) is 3. The third kappa shape index (κ3) is 4.23. The number of nitrogens with two attached hydrogens (primary N) is 1. The Morgan fingerprint density at radius 1 is 1.36 bits per heavy atom. The summed E-state index contributed by atoms with van der Waals surface area (Å²) in [5, 5.41) is 11.9. The molecule has 3 aromatic rings. The predicted octanol–water partition coefficient (Wildman–Crippen LogP) is 2.80. The Balaban J connectivity index is 1.67. The normalized spacial score (nSPS) is 16.5. The van der Waals surface area contributed by atoms with Crippen LogP contribution in [-0.2, 0) is 17.4 Å². The summed E-state index contributed by atoms with van der Waals surface area (Å²) in [6.07, 6.45) is -3.57. The summed E-state index contributed by atoms with van der Waals surface area (Å²) in [5.41, 5.74) is 5.17. The number of rotatable bonds is 6. The Morgan fingerprint density at radius 3 is 2.79 bits per heavy atom. The molecule has 4 N–H and O–H groups in total. The summed E-state index contributed by atoms with van der Waals surface area (Å²) in [7, 11) is 0. The van der Waals surface area contributed by atoms with Crippen LogP contribution in [0.15, 0.2) is 34.9 Å². The zero-order chi connectivity index (χ0) is 23.9. The fourth-order valence-electron chi connectivity index (χ4n) is 4.02. The number of halogens is 3. The van der Waals surface area contributed by atoms with Gasteiger partial charge in [-0.15, -0.1) is 0 Å². The first-order valence-electron chi connectivity index (χ1n) is 10.1. The molecule has 0 saturated carbocycles. The van der Waals surface area contributed by atoms with Gasteiger partial charge in [-0.05, 0) is 49.6 Å². The predicted molar refractivity (Wildman–Crippen MR) is 109 cm³/mol. The molecular weight excluding hydrogens is 443 g/mol. The summed E-state index contributed by atoms with van der Waals surface area (Å²) in [5.74, 6) is -1.12. The van der Waals surface area contributed by atoms with Gasteiger partial charge < -0.3 is 25.3 Å². The van der Waals surface area contributed by atoms with Crippen molar-refractivity contribution >= 4 is 22.8 Å². The summed E-state index contributed by atoms with van der Waals surface area (Å²) < 4.78 is 51.9. The number of aryl methyl sites for hydroxylation is 2. The fourth-order valence-corrected chi connectivity index (χ4v) is 4.02. The van der Waals surface area contributed by atoms with Gasteiger partial charge in [-0.3, -0.25) is 14.6 Å². The number of furan rings is 1. The molecule has 0 saturated heterocycles. The number of ether oxygens (including phenoxy) is 1. The number of alkyl halides is 3. The molecule has 2 amide bonds. The SMILES string of the molecule is Cc1oc2ccc(O[C@H]3CCc4ccnc(C(F)(F)F)c43)cc2c1C(=O)N[C@@H](CO)C(N)=O. The van der Waals surface area contributed by atoms with E-state index < -0.39 is 42.4 Å². The molecule has 1 aliphatic carbocycles. The van der Waals surface area contributed by atoms with Crippen molar-refractivity contribution in [3.8, 4) is 5.75 Å². The highest BCUT2D eigenvalue weighted by Gasteiger charge is 2.41. The monoisotopic (exact) mass is 463 g/mol. The number of carbonyl (C=O) groups is 2. The van der Waals surface area contributed by atoms with Gasteiger partial charge in [0.05, 0.1) is 12.2 Å². The maximum atomic E-state index is 13.5. The van der Waals surface area contributed by atoms with Crippen LogP contribution in [0.5, 0.6) is 5.75 Å². The second-order valence-electron chi connectivity index (χ2n) is 7.68. The number of carbonyl (C=O) groups excluding carboxylic acids is 2. The number of benzene rings is 1. The quantitative estimate of drug-likeness (QED) is 0.516. The molecule has 0 bridgehead atoms. The van der Waals surface area contributed by atoms with Gasteiger partial charge in [0.25, 0.3) is 5.91 Å². The largest absolute Gasteiger partial charge is 0.486 e. The van der Waals surface area contributed by atoms with Gasteiger partial charge in [-0.1, -0.05) is 0 Å². The van der Waals surface area contributed by atoms with Gasteiger partial charge in [0.2, 0.25) is 5.91 Å². The number of aliphatic hydroxyl groups is 1. The Hall–Kier alpha value is -3.60. The van der Waals surface area contributed by atoms with Crippen molar-refractivity contribution in [2.75, 3.05) is 6.61 Å². The average Bonchev–Trinajstić information content (AvgIpc) is 3.30. The van der Waals surface area contributed by atoms with Gasteiger partial charge in [-0.2, -0.15) is 13.2 Å². The van der Waals surface area contributed by atoms with Crippen molar-refractivity contribution in [3.05, 3.63) is 58.6 Å². The van der Waals surface area contributed by atoms with Crippen LogP contribution in [0.3, 0.4) is 0 Å². The van der Waals surface area contributed by atoms with E-state index in [1.165, 1.54) is 18.2 Å². The number of pyridine rings is 1. The van der Waals surface area contributed by atoms with Crippen LogP contribution >= 0.6 is 0 Å². The number of hydrogen-bond acceptors (Lipinski definition) is 6. The second kappa shape index (κ2) is 8.39. The Morgan fingerprint density at radius 2 is 2.12 bits per heavy atom. The van der Waals surface area contributed by atoms with E-state index in [0.717, 1.165) is 6.20 Å². The summed E-state index contributed by atoms with van der Waals surface area (Å²) in [6.45, 7) is 0.864. The molecule has 1 aliphatic rings. The van der Waals surface area contributed by atoms with Gasteiger partial charge >= 0.3 is 6.18 Å². The first-order chi connectivity index (χ1) is 15.6. The standard InChI is InChI=1S/C22H20F3N3O5/c1-10-17(21(31)28-14(9-29)20(26)30)13-8-12(3-5-15(13)32-10)33-16-4-2-11-6-7-27-19(18(11)16)22(23,24)25/h3,5-8,14,16,29H,2,4,9H2,1H3,(H2,26,30)(H,28,31)/t14-,16-/m0/s1. The Labute approximate surface area is 185 Å². The third-order valence-corrected chi connectivity index (χ3v) is 5.52. The first kappa shape index (κ1) is 22.6. The minimum absolute atomic E-state index is 0.0127. The molecule has 8 nitrogen and oxygen atoms in total. The number of amides is 2. The maximum Gasteiger partial charge on any atom is 0.433 e. The number of nitrogens with zero attached hydrogens (tertiary/aromatic N) is 1. The molecule has 2 heterocycles. The van der Waals surface area contributed by atoms with E-state index in [1.54, 1.807) is 13.0 Å². The van der Waals surface area contributed by atoms with Crippen molar-refractivity contribution in [1.82, 2.24) is 10.3 Å². The van der Waals surface area contributed by atoms with E-state index in [4.69, 9.17) is 14.9 Å². The molecule has 2 aromatic heterocycles. The number of aromatic nitrogens is 1. The van der Waals surface area contributed by atoms with Crippen LogP contribution in [0.4, 0.5) is 13.2 Å². The fraction of sp³-hybridized carbons (Fsp3) is 0.318. The van der Waals surface area contributed by atoms with Crippen LogP contribution in [-0.4, -0.2) is 34.6 Å². The highest BCUT2D eigenvalue weighted by molar-refractivity contribution is 6.08. The van der Waals surface area contributed by atoms with Crippen LogP contribution in [0.2, 0.25) is 0 Å². The molecule has 0 spiro atoms. The van der Waals surface area contributed by atoms with Crippen LogP contribution in [0.1, 0.15) is 45.5 Å². The molecule has 174 valence electrons. The summed E-state index contributed by atoms with van der Waals surface area (Å²) in [4.78, 5) is 27.6. The topological polar surface area (TPSA) is 128 Å². The minimum atomic E-state index is -4.61.